The van der Waals surface area contributed by atoms with Gasteiger partial charge in [0.25, 0.3) is 0 Å². The average Bonchev–Trinajstić information content (AvgIpc) is 3.19. The maximum Gasteiger partial charge on any atom is 0.209 e. The predicted octanol–water partition coefficient (Wildman–Crippen LogP) is 2.77. The maximum absolute atomic E-state index is 14.2. The van der Waals surface area contributed by atoms with Crippen molar-refractivity contribution in [3.05, 3.63) is 88.8 Å². The molecule has 7 nitrogen and oxygen atoms in total. The average molecular weight is 428 g/mol. The standard InChI is InChI=1S/C20H14F2N4O3S/c1-30(28,29)15-4-2-3-14(12-15)25-10-8-19(27)20(24-25)17-7-9-23-26(17)18-11-13(21)5-6-16(18)22/h2-12H,1H3. The van der Waals surface area contributed by atoms with Crippen LogP contribution in [0.4, 0.5) is 8.78 Å². The fourth-order valence-corrected chi connectivity index (χ4v) is 3.57. The fourth-order valence-electron chi connectivity index (χ4n) is 2.91. The molecule has 0 unspecified atom stereocenters. The summed E-state index contributed by atoms with van der Waals surface area (Å²) in [5.41, 5.74) is -0.154. The molecule has 0 bridgehead atoms. The van der Waals surface area contributed by atoms with Crippen LogP contribution in [-0.4, -0.2) is 34.2 Å². The summed E-state index contributed by atoms with van der Waals surface area (Å²) in [6.07, 6.45) is 3.81. The van der Waals surface area contributed by atoms with E-state index in [0.29, 0.717) is 5.69 Å². The van der Waals surface area contributed by atoms with Gasteiger partial charge in [-0.1, -0.05) is 6.07 Å². The van der Waals surface area contributed by atoms with E-state index in [9.17, 15) is 22.0 Å². The highest BCUT2D eigenvalue weighted by Gasteiger charge is 2.17. The highest BCUT2D eigenvalue weighted by atomic mass is 32.2. The molecule has 4 aromatic rings. The molecule has 0 aliphatic rings. The van der Waals surface area contributed by atoms with Crippen LogP contribution in [0.15, 0.2) is 76.7 Å². The molecular weight excluding hydrogens is 414 g/mol. The van der Waals surface area contributed by atoms with Crippen LogP contribution in [0.5, 0.6) is 0 Å². The number of rotatable bonds is 4. The topological polar surface area (TPSA) is 86.9 Å². The van der Waals surface area contributed by atoms with Crippen LogP contribution in [0.2, 0.25) is 0 Å². The molecule has 0 saturated carbocycles. The zero-order valence-corrected chi connectivity index (χ0v) is 16.3. The van der Waals surface area contributed by atoms with Gasteiger partial charge in [0.15, 0.2) is 15.5 Å². The zero-order valence-electron chi connectivity index (χ0n) is 15.5. The molecule has 0 fully saturated rings. The van der Waals surface area contributed by atoms with E-state index in [2.05, 4.69) is 10.2 Å². The first-order valence-electron chi connectivity index (χ1n) is 8.64. The maximum atomic E-state index is 14.2. The number of hydrogen-bond acceptors (Lipinski definition) is 5. The monoisotopic (exact) mass is 428 g/mol. The molecule has 10 heteroatoms. The van der Waals surface area contributed by atoms with E-state index >= 15 is 0 Å². The fraction of sp³-hybridized carbons (Fsp3) is 0.0500. The summed E-state index contributed by atoms with van der Waals surface area (Å²) >= 11 is 0. The van der Waals surface area contributed by atoms with Gasteiger partial charge in [0.05, 0.1) is 22.5 Å². The van der Waals surface area contributed by atoms with Crippen LogP contribution >= 0.6 is 0 Å². The zero-order chi connectivity index (χ0) is 21.5. The van der Waals surface area contributed by atoms with E-state index in [4.69, 9.17) is 0 Å². The number of halogens is 2. The van der Waals surface area contributed by atoms with Crippen molar-refractivity contribution in [3.8, 4) is 22.8 Å². The number of sulfone groups is 1. The van der Waals surface area contributed by atoms with Gasteiger partial charge in [-0.25, -0.2) is 26.6 Å². The molecule has 0 N–H and O–H groups in total. The summed E-state index contributed by atoms with van der Waals surface area (Å²) in [6, 6.07) is 11.6. The Hall–Kier alpha value is -3.66. The Balaban J connectivity index is 1.87. The molecule has 2 heterocycles. The third kappa shape index (κ3) is 3.64. The molecule has 0 aliphatic carbocycles. The SMILES string of the molecule is CS(=O)(=O)c1cccc(-n2ccc(=O)c(-c3ccnn3-c3cc(F)ccc3F)n2)c1. The number of hydrogen-bond donors (Lipinski definition) is 0. The Labute approximate surface area is 169 Å². The second-order valence-corrected chi connectivity index (χ2v) is 8.48. The Bertz CT molecular complexity index is 1430. The molecule has 0 radical (unpaired) electrons. The van der Waals surface area contributed by atoms with Crippen molar-refractivity contribution >= 4 is 9.84 Å². The summed E-state index contributed by atoms with van der Waals surface area (Å²) in [6.45, 7) is 0. The van der Waals surface area contributed by atoms with Gasteiger partial charge in [0.1, 0.15) is 17.3 Å². The summed E-state index contributed by atoms with van der Waals surface area (Å²) in [5, 5.41) is 8.28. The smallest absolute Gasteiger partial charge is 0.209 e. The second kappa shape index (κ2) is 7.30. The van der Waals surface area contributed by atoms with Crippen molar-refractivity contribution in [1.82, 2.24) is 19.6 Å². The molecule has 0 saturated heterocycles. The van der Waals surface area contributed by atoms with Crippen LogP contribution < -0.4 is 5.43 Å². The van der Waals surface area contributed by atoms with E-state index in [1.54, 1.807) is 12.1 Å². The van der Waals surface area contributed by atoms with Gasteiger partial charge < -0.3 is 0 Å². The molecule has 2 aromatic carbocycles. The molecule has 4 rings (SSSR count). The van der Waals surface area contributed by atoms with Crippen molar-refractivity contribution in [2.75, 3.05) is 6.26 Å². The molecule has 2 aromatic heterocycles. The predicted molar refractivity (Wildman–Crippen MR) is 105 cm³/mol. The Morgan fingerprint density at radius 2 is 1.80 bits per heavy atom. The lowest BCUT2D eigenvalue weighted by Gasteiger charge is -2.11. The second-order valence-electron chi connectivity index (χ2n) is 6.47. The summed E-state index contributed by atoms with van der Waals surface area (Å²) in [5.74, 6) is -1.39. The van der Waals surface area contributed by atoms with E-state index in [1.807, 2.05) is 0 Å². The number of benzene rings is 2. The lowest BCUT2D eigenvalue weighted by Crippen LogP contribution is -2.15. The van der Waals surface area contributed by atoms with E-state index in [-0.39, 0.29) is 22.0 Å². The third-order valence-corrected chi connectivity index (χ3v) is 5.45. The summed E-state index contributed by atoms with van der Waals surface area (Å²) in [7, 11) is -3.44. The van der Waals surface area contributed by atoms with Gasteiger partial charge in [-0.2, -0.15) is 10.2 Å². The largest absolute Gasteiger partial charge is 0.287 e. The van der Waals surface area contributed by atoms with E-state index in [1.165, 1.54) is 41.3 Å². The highest BCUT2D eigenvalue weighted by molar-refractivity contribution is 7.90. The van der Waals surface area contributed by atoms with Crippen molar-refractivity contribution < 1.29 is 17.2 Å². The van der Waals surface area contributed by atoms with Crippen LogP contribution in [0, 0.1) is 11.6 Å². The van der Waals surface area contributed by atoms with Crippen LogP contribution in [-0.2, 0) is 9.84 Å². The molecule has 0 atom stereocenters. The quantitative estimate of drug-likeness (QED) is 0.499. The minimum absolute atomic E-state index is 0.0663. The summed E-state index contributed by atoms with van der Waals surface area (Å²) in [4.78, 5) is 12.6. The Kier molecular flexibility index (Phi) is 4.78. The molecule has 30 heavy (non-hydrogen) atoms. The van der Waals surface area contributed by atoms with E-state index in [0.717, 1.165) is 29.1 Å². The lowest BCUT2D eigenvalue weighted by atomic mass is 10.2. The number of aromatic nitrogens is 4. The molecule has 0 spiro atoms. The van der Waals surface area contributed by atoms with Gasteiger partial charge in [-0.05, 0) is 36.4 Å². The third-order valence-electron chi connectivity index (χ3n) is 4.34. The summed E-state index contributed by atoms with van der Waals surface area (Å²) < 4.78 is 53.9. The number of nitrogens with zero attached hydrogens (tertiary/aromatic N) is 4. The van der Waals surface area contributed by atoms with Crippen LogP contribution in [0.3, 0.4) is 0 Å². The van der Waals surface area contributed by atoms with Gasteiger partial charge in [-0.3, -0.25) is 4.79 Å². The van der Waals surface area contributed by atoms with Gasteiger partial charge in [-0.15, -0.1) is 0 Å². The Morgan fingerprint density at radius 1 is 1.00 bits per heavy atom. The van der Waals surface area contributed by atoms with Crippen LogP contribution in [0.25, 0.3) is 22.8 Å². The van der Waals surface area contributed by atoms with Gasteiger partial charge in [0, 0.05) is 24.6 Å². The first kappa shape index (κ1) is 19.6. The Morgan fingerprint density at radius 3 is 2.57 bits per heavy atom. The molecule has 0 amide bonds. The van der Waals surface area contributed by atoms with E-state index < -0.39 is 26.9 Å². The minimum Gasteiger partial charge on any atom is -0.287 e. The molecule has 152 valence electrons. The van der Waals surface area contributed by atoms with Crippen molar-refractivity contribution in [3.63, 3.8) is 0 Å². The van der Waals surface area contributed by atoms with Crippen molar-refractivity contribution in [1.29, 1.82) is 0 Å². The molecule has 0 aliphatic heterocycles. The molecular formula is C20H14F2N4O3S. The highest BCUT2D eigenvalue weighted by Crippen LogP contribution is 2.22. The minimum atomic E-state index is -3.44. The lowest BCUT2D eigenvalue weighted by molar-refractivity contribution is 0.587. The van der Waals surface area contributed by atoms with Crippen LogP contribution in [0.1, 0.15) is 0 Å². The normalized spacial score (nSPS) is 11.6. The first-order chi connectivity index (χ1) is 14.2. The van der Waals surface area contributed by atoms with Gasteiger partial charge in [0.2, 0.25) is 5.43 Å². The van der Waals surface area contributed by atoms with Crippen molar-refractivity contribution in [2.45, 2.75) is 4.90 Å². The van der Waals surface area contributed by atoms with Gasteiger partial charge >= 0.3 is 0 Å². The first-order valence-corrected chi connectivity index (χ1v) is 10.5. The van der Waals surface area contributed by atoms with Crippen molar-refractivity contribution in [2.24, 2.45) is 0 Å².